The number of ether oxygens (including phenoxy) is 1. The van der Waals surface area contributed by atoms with E-state index in [-0.39, 0.29) is 11.9 Å². The molecular formula is C17H19BrFNO. The van der Waals surface area contributed by atoms with Crippen LogP contribution in [0.1, 0.15) is 29.7 Å². The summed E-state index contributed by atoms with van der Waals surface area (Å²) in [6.45, 7) is 4.90. The summed E-state index contributed by atoms with van der Waals surface area (Å²) >= 11 is 3.25. The van der Waals surface area contributed by atoms with Crippen molar-refractivity contribution in [3.8, 4) is 5.75 Å². The maximum atomic E-state index is 13.5. The molecule has 1 N–H and O–H groups in total. The van der Waals surface area contributed by atoms with Crippen molar-refractivity contribution in [3.63, 3.8) is 0 Å². The summed E-state index contributed by atoms with van der Waals surface area (Å²) < 4.78 is 19.4. The van der Waals surface area contributed by atoms with Crippen LogP contribution in [0.5, 0.6) is 5.75 Å². The summed E-state index contributed by atoms with van der Waals surface area (Å²) in [6.07, 6.45) is 0. The lowest BCUT2D eigenvalue weighted by molar-refractivity contribution is 0.404. The first-order chi connectivity index (χ1) is 10.1. The molecule has 4 heteroatoms. The molecule has 0 saturated heterocycles. The van der Waals surface area contributed by atoms with Crippen molar-refractivity contribution in [2.24, 2.45) is 0 Å². The van der Waals surface area contributed by atoms with Crippen LogP contribution in [0.4, 0.5) is 4.39 Å². The first-order valence-electron chi connectivity index (χ1n) is 6.89. The van der Waals surface area contributed by atoms with Crippen LogP contribution in [0.25, 0.3) is 0 Å². The van der Waals surface area contributed by atoms with Crippen LogP contribution in [0.15, 0.2) is 40.9 Å². The van der Waals surface area contributed by atoms with Crippen molar-refractivity contribution < 1.29 is 9.13 Å². The van der Waals surface area contributed by atoms with E-state index in [0.717, 1.165) is 29.0 Å². The van der Waals surface area contributed by atoms with E-state index in [4.69, 9.17) is 4.74 Å². The highest BCUT2D eigenvalue weighted by atomic mass is 79.9. The van der Waals surface area contributed by atoms with E-state index in [1.807, 2.05) is 32.0 Å². The average molecular weight is 352 g/mol. The Bertz CT molecular complexity index is 630. The SMILES string of the molecule is CCNC(c1ccc(F)c(Br)c1)c1cc(C)ccc1OC. The number of benzene rings is 2. The molecule has 2 rings (SSSR count). The quantitative estimate of drug-likeness (QED) is 0.849. The normalized spacial score (nSPS) is 12.2. The van der Waals surface area contributed by atoms with Crippen molar-refractivity contribution >= 4 is 15.9 Å². The van der Waals surface area contributed by atoms with Gasteiger partial charge in [-0.15, -0.1) is 0 Å². The smallest absolute Gasteiger partial charge is 0.137 e. The summed E-state index contributed by atoms with van der Waals surface area (Å²) in [6, 6.07) is 11.1. The second-order valence-corrected chi connectivity index (χ2v) is 5.76. The van der Waals surface area contributed by atoms with Crippen LogP contribution in [0, 0.1) is 12.7 Å². The molecule has 0 spiro atoms. The Morgan fingerprint density at radius 2 is 2.00 bits per heavy atom. The van der Waals surface area contributed by atoms with Gasteiger partial charge in [-0.1, -0.05) is 30.7 Å². The Hall–Kier alpha value is -1.39. The van der Waals surface area contributed by atoms with Gasteiger partial charge in [0, 0.05) is 5.56 Å². The van der Waals surface area contributed by atoms with Gasteiger partial charge in [0.2, 0.25) is 0 Å². The predicted molar refractivity (Wildman–Crippen MR) is 87.4 cm³/mol. The molecule has 0 fully saturated rings. The second-order valence-electron chi connectivity index (χ2n) is 4.91. The van der Waals surface area contributed by atoms with Crippen molar-refractivity contribution in [3.05, 3.63) is 63.4 Å². The largest absolute Gasteiger partial charge is 0.496 e. The molecule has 0 aliphatic carbocycles. The van der Waals surface area contributed by atoms with Crippen molar-refractivity contribution in [1.82, 2.24) is 5.32 Å². The predicted octanol–water partition coefficient (Wildman–Crippen LogP) is 4.60. The molecule has 112 valence electrons. The van der Waals surface area contributed by atoms with E-state index in [1.54, 1.807) is 13.2 Å². The van der Waals surface area contributed by atoms with E-state index in [1.165, 1.54) is 6.07 Å². The fourth-order valence-electron chi connectivity index (χ4n) is 2.38. The van der Waals surface area contributed by atoms with E-state index in [0.29, 0.717) is 4.47 Å². The van der Waals surface area contributed by atoms with Gasteiger partial charge in [-0.3, -0.25) is 0 Å². The standard InChI is InChI=1S/C17H19BrFNO/c1-4-20-17(12-6-7-15(19)14(18)10-12)13-9-11(2)5-8-16(13)21-3/h5-10,17,20H,4H2,1-3H3. The summed E-state index contributed by atoms with van der Waals surface area (Å²) in [7, 11) is 1.66. The zero-order valence-electron chi connectivity index (χ0n) is 12.4. The van der Waals surface area contributed by atoms with Crippen molar-refractivity contribution in [2.75, 3.05) is 13.7 Å². The molecule has 21 heavy (non-hydrogen) atoms. The van der Waals surface area contributed by atoms with Crippen LogP contribution in [0.2, 0.25) is 0 Å². The Labute approximate surface area is 133 Å². The third kappa shape index (κ3) is 3.63. The average Bonchev–Trinajstić information content (AvgIpc) is 2.48. The van der Waals surface area contributed by atoms with E-state index in [9.17, 15) is 4.39 Å². The fraction of sp³-hybridized carbons (Fsp3) is 0.294. The molecule has 0 bridgehead atoms. The number of aryl methyl sites for hydroxylation is 1. The molecule has 1 unspecified atom stereocenters. The van der Waals surface area contributed by atoms with Crippen molar-refractivity contribution in [1.29, 1.82) is 0 Å². The number of hydrogen-bond donors (Lipinski definition) is 1. The molecule has 2 aromatic carbocycles. The van der Waals surface area contributed by atoms with Gasteiger partial charge < -0.3 is 10.1 Å². The summed E-state index contributed by atoms with van der Waals surface area (Å²) in [5, 5.41) is 3.44. The number of rotatable bonds is 5. The first kappa shape index (κ1) is 16.0. The second kappa shape index (κ2) is 7.05. The van der Waals surface area contributed by atoms with E-state index < -0.39 is 0 Å². The van der Waals surface area contributed by atoms with Crippen molar-refractivity contribution in [2.45, 2.75) is 19.9 Å². The highest BCUT2D eigenvalue weighted by molar-refractivity contribution is 9.10. The van der Waals surface area contributed by atoms with Crippen LogP contribution in [-0.2, 0) is 0 Å². The molecule has 0 radical (unpaired) electrons. The number of nitrogens with one attached hydrogen (secondary N) is 1. The lowest BCUT2D eigenvalue weighted by Gasteiger charge is -2.22. The zero-order chi connectivity index (χ0) is 15.4. The van der Waals surface area contributed by atoms with Crippen LogP contribution in [0.3, 0.4) is 0 Å². The molecule has 0 aliphatic rings. The third-order valence-electron chi connectivity index (χ3n) is 3.38. The van der Waals surface area contributed by atoms with Gasteiger partial charge in [-0.2, -0.15) is 0 Å². The molecule has 2 nitrogen and oxygen atoms in total. The van der Waals surface area contributed by atoms with Crippen LogP contribution >= 0.6 is 15.9 Å². The van der Waals surface area contributed by atoms with E-state index >= 15 is 0 Å². The van der Waals surface area contributed by atoms with Gasteiger partial charge in [0.05, 0.1) is 17.6 Å². The minimum absolute atomic E-state index is 0.0400. The third-order valence-corrected chi connectivity index (χ3v) is 3.99. The van der Waals surface area contributed by atoms with Crippen LogP contribution in [-0.4, -0.2) is 13.7 Å². The van der Waals surface area contributed by atoms with Gasteiger partial charge in [0.15, 0.2) is 0 Å². The highest BCUT2D eigenvalue weighted by Gasteiger charge is 2.18. The molecule has 0 aromatic heterocycles. The highest BCUT2D eigenvalue weighted by Crippen LogP contribution is 2.32. The van der Waals surface area contributed by atoms with Crippen LogP contribution < -0.4 is 10.1 Å². The molecule has 0 amide bonds. The topological polar surface area (TPSA) is 21.3 Å². The Morgan fingerprint density at radius 1 is 1.24 bits per heavy atom. The maximum absolute atomic E-state index is 13.5. The molecule has 2 aromatic rings. The van der Waals surface area contributed by atoms with Gasteiger partial charge >= 0.3 is 0 Å². The molecular weight excluding hydrogens is 333 g/mol. The molecule has 0 aliphatic heterocycles. The van der Waals surface area contributed by atoms with Gasteiger partial charge in [-0.25, -0.2) is 4.39 Å². The summed E-state index contributed by atoms with van der Waals surface area (Å²) in [5.41, 5.74) is 3.21. The summed E-state index contributed by atoms with van der Waals surface area (Å²) in [5.74, 6) is 0.567. The lowest BCUT2D eigenvalue weighted by Crippen LogP contribution is -2.22. The van der Waals surface area contributed by atoms with E-state index in [2.05, 4.69) is 27.3 Å². The van der Waals surface area contributed by atoms with Gasteiger partial charge in [-0.05, 0) is 53.2 Å². The fourth-order valence-corrected chi connectivity index (χ4v) is 2.78. The Balaban J connectivity index is 2.52. The molecule has 1 atom stereocenters. The zero-order valence-corrected chi connectivity index (χ0v) is 14.0. The summed E-state index contributed by atoms with van der Waals surface area (Å²) in [4.78, 5) is 0. The number of hydrogen-bond acceptors (Lipinski definition) is 2. The molecule has 0 saturated carbocycles. The molecule has 0 heterocycles. The minimum atomic E-state index is -0.259. The first-order valence-corrected chi connectivity index (χ1v) is 7.69. The Kier molecular flexibility index (Phi) is 5.37. The number of halogens is 2. The monoisotopic (exact) mass is 351 g/mol. The minimum Gasteiger partial charge on any atom is -0.496 e. The lowest BCUT2D eigenvalue weighted by atomic mass is 9.96. The maximum Gasteiger partial charge on any atom is 0.137 e. The van der Waals surface area contributed by atoms with Gasteiger partial charge in [0.25, 0.3) is 0 Å². The Morgan fingerprint density at radius 3 is 2.62 bits per heavy atom. The van der Waals surface area contributed by atoms with Gasteiger partial charge in [0.1, 0.15) is 11.6 Å². The number of methoxy groups -OCH3 is 1.